The van der Waals surface area contributed by atoms with Crippen LogP contribution in [0, 0.1) is 18.7 Å². The van der Waals surface area contributed by atoms with Crippen LogP contribution < -0.4 is 0 Å². The second-order valence-electron chi connectivity index (χ2n) is 6.43. The number of carbonyl (C=O) groups is 1. The molecule has 0 radical (unpaired) electrons. The molecule has 3 rings (SSSR count). The molecule has 1 atom stereocenters. The highest BCUT2D eigenvalue weighted by Crippen LogP contribution is 2.23. The molecule has 0 spiro atoms. The van der Waals surface area contributed by atoms with Crippen LogP contribution in [-0.4, -0.2) is 33.9 Å². The van der Waals surface area contributed by atoms with E-state index in [9.17, 15) is 9.18 Å². The fourth-order valence-corrected chi connectivity index (χ4v) is 3.21. The molecule has 1 amide bonds. The van der Waals surface area contributed by atoms with Crippen LogP contribution >= 0.6 is 0 Å². The van der Waals surface area contributed by atoms with Crippen molar-refractivity contribution in [3.05, 3.63) is 59.4 Å². The monoisotopic (exact) mass is 327 g/mol. The molecule has 0 bridgehead atoms. The minimum Gasteiger partial charge on any atom is -0.337 e. The van der Waals surface area contributed by atoms with E-state index in [4.69, 9.17) is 0 Å². The van der Waals surface area contributed by atoms with E-state index in [1.54, 1.807) is 18.5 Å². The number of nitrogens with zero attached hydrogens (tertiary/aromatic N) is 3. The molecular formula is C19H22FN3O. The number of hydrogen-bond donors (Lipinski definition) is 0. The number of piperidine rings is 1. The van der Waals surface area contributed by atoms with E-state index in [1.165, 1.54) is 6.07 Å². The summed E-state index contributed by atoms with van der Waals surface area (Å²) in [6, 6.07) is 6.92. The van der Waals surface area contributed by atoms with Gasteiger partial charge in [-0.15, -0.1) is 0 Å². The number of halogens is 1. The van der Waals surface area contributed by atoms with Gasteiger partial charge >= 0.3 is 0 Å². The molecule has 0 N–H and O–H groups in total. The summed E-state index contributed by atoms with van der Waals surface area (Å²) in [7, 11) is 0. The summed E-state index contributed by atoms with van der Waals surface area (Å²) in [5.41, 5.74) is 1.95. The Bertz CT molecular complexity index is 702. The van der Waals surface area contributed by atoms with E-state index < -0.39 is 0 Å². The van der Waals surface area contributed by atoms with Crippen LogP contribution in [0.2, 0.25) is 0 Å². The predicted octanol–water partition coefficient (Wildman–Crippen LogP) is 3.41. The van der Waals surface area contributed by atoms with Crippen molar-refractivity contribution in [2.24, 2.45) is 5.92 Å². The van der Waals surface area contributed by atoms with E-state index >= 15 is 0 Å². The van der Waals surface area contributed by atoms with Gasteiger partial charge in [0.1, 0.15) is 11.5 Å². The molecule has 1 aliphatic rings. The average Bonchev–Trinajstić information content (AvgIpc) is 2.61. The van der Waals surface area contributed by atoms with Gasteiger partial charge in [0.25, 0.3) is 5.91 Å². The maximum atomic E-state index is 13.7. The zero-order chi connectivity index (χ0) is 16.9. The van der Waals surface area contributed by atoms with E-state index in [-0.39, 0.29) is 11.7 Å². The Morgan fingerprint density at radius 3 is 2.88 bits per heavy atom. The molecule has 24 heavy (non-hydrogen) atoms. The molecule has 126 valence electrons. The van der Waals surface area contributed by atoms with E-state index in [2.05, 4.69) is 9.97 Å². The van der Waals surface area contributed by atoms with Gasteiger partial charge in [0.05, 0.1) is 11.9 Å². The van der Waals surface area contributed by atoms with Crippen LogP contribution in [0.3, 0.4) is 0 Å². The first-order valence-corrected chi connectivity index (χ1v) is 8.45. The van der Waals surface area contributed by atoms with Crippen LogP contribution in [0.1, 0.15) is 41.0 Å². The van der Waals surface area contributed by atoms with Gasteiger partial charge in [0.2, 0.25) is 0 Å². The molecule has 1 aliphatic heterocycles. The predicted molar refractivity (Wildman–Crippen MR) is 90.1 cm³/mol. The number of aromatic nitrogens is 2. The second kappa shape index (κ2) is 7.51. The Hall–Kier alpha value is -2.30. The Balaban J connectivity index is 1.59. The fraction of sp³-hybridized carbons (Fsp3) is 0.421. The summed E-state index contributed by atoms with van der Waals surface area (Å²) in [5.74, 6) is 0.204. The summed E-state index contributed by atoms with van der Waals surface area (Å²) >= 11 is 0. The molecule has 0 aliphatic carbocycles. The van der Waals surface area contributed by atoms with Gasteiger partial charge in [-0.3, -0.25) is 9.78 Å². The summed E-state index contributed by atoms with van der Waals surface area (Å²) in [6.45, 7) is 3.31. The Morgan fingerprint density at radius 2 is 2.12 bits per heavy atom. The van der Waals surface area contributed by atoms with E-state index in [0.29, 0.717) is 24.6 Å². The van der Waals surface area contributed by atoms with Crippen LogP contribution in [0.5, 0.6) is 0 Å². The third-order valence-electron chi connectivity index (χ3n) is 4.59. The normalized spacial score (nSPS) is 17.8. The average molecular weight is 327 g/mol. The topological polar surface area (TPSA) is 46.1 Å². The number of aryl methyl sites for hydroxylation is 2. The van der Waals surface area contributed by atoms with Gasteiger partial charge in [0.15, 0.2) is 0 Å². The third kappa shape index (κ3) is 3.96. The van der Waals surface area contributed by atoms with Crippen molar-refractivity contribution in [1.82, 2.24) is 14.9 Å². The number of carbonyl (C=O) groups excluding carboxylic acids is 1. The first kappa shape index (κ1) is 16.6. The summed E-state index contributed by atoms with van der Waals surface area (Å²) < 4.78 is 13.7. The van der Waals surface area contributed by atoms with Crippen LogP contribution in [-0.2, 0) is 6.42 Å². The molecule has 0 unspecified atom stereocenters. The standard InChI is InChI=1S/C19H22FN3O/c1-14-11-22-18(12-21-14)19(24)23-10-4-5-15(13-23)8-9-16-6-2-3-7-17(16)20/h2-3,6-7,11-12,15H,4-5,8-10,13H2,1H3/t15-/m0/s1. The van der Waals surface area contributed by atoms with Crippen molar-refractivity contribution < 1.29 is 9.18 Å². The maximum absolute atomic E-state index is 13.7. The third-order valence-corrected chi connectivity index (χ3v) is 4.59. The molecule has 1 saturated heterocycles. The van der Waals surface area contributed by atoms with Gasteiger partial charge in [-0.2, -0.15) is 0 Å². The molecule has 2 aromatic rings. The van der Waals surface area contributed by atoms with Gasteiger partial charge in [-0.05, 0) is 50.2 Å². The summed E-state index contributed by atoms with van der Waals surface area (Å²) in [6.07, 6.45) is 6.83. The molecule has 2 heterocycles. The lowest BCUT2D eigenvalue weighted by atomic mass is 9.91. The minimum absolute atomic E-state index is 0.0573. The van der Waals surface area contributed by atoms with Crippen LogP contribution in [0.15, 0.2) is 36.7 Å². The highest BCUT2D eigenvalue weighted by atomic mass is 19.1. The zero-order valence-corrected chi connectivity index (χ0v) is 13.9. The van der Waals surface area contributed by atoms with E-state index in [0.717, 1.165) is 37.1 Å². The summed E-state index contributed by atoms with van der Waals surface area (Å²) in [5, 5.41) is 0. The van der Waals surface area contributed by atoms with Crippen LogP contribution in [0.25, 0.3) is 0 Å². The number of likely N-dealkylation sites (tertiary alicyclic amines) is 1. The Morgan fingerprint density at radius 1 is 1.29 bits per heavy atom. The van der Waals surface area contributed by atoms with Gasteiger partial charge in [-0.1, -0.05) is 18.2 Å². The SMILES string of the molecule is Cc1cnc(C(=O)N2CCC[C@@H](CCc3ccccc3F)C2)cn1. The molecular weight excluding hydrogens is 305 g/mol. The second-order valence-corrected chi connectivity index (χ2v) is 6.43. The first-order chi connectivity index (χ1) is 11.6. The molecule has 1 aromatic carbocycles. The van der Waals surface area contributed by atoms with Crippen molar-refractivity contribution in [2.75, 3.05) is 13.1 Å². The lowest BCUT2D eigenvalue weighted by Crippen LogP contribution is -2.40. The number of rotatable bonds is 4. The number of hydrogen-bond acceptors (Lipinski definition) is 3. The van der Waals surface area contributed by atoms with Crippen molar-refractivity contribution in [3.63, 3.8) is 0 Å². The highest BCUT2D eigenvalue weighted by Gasteiger charge is 2.25. The van der Waals surface area contributed by atoms with Crippen LogP contribution in [0.4, 0.5) is 4.39 Å². The Labute approximate surface area is 141 Å². The van der Waals surface area contributed by atoms with E-state index in [1.807, 2.05) is 24.0 Å². The first-order valence-electron chi connectivity index (χ1n) is 8.45. The van der Waals surface area contributed by atoms with Crippen molar-refractivity contribution in [3.8, 4) is 0 Å². The highest BCUT2D eigenvalue weighted by molar-refractivity contribution is 5.92. The number of amides is 1. The largest absolute Gasteiger partial charge is 0.337 e. The van der Waals surface area contributed by atoms with Crippen molar-refractivity contribution in [2.45, 2.75) is 32.6 Å². The molecule has 4 nitrogen and oxygen atoms in total. The lowest BCUT2D eigenvalue weighted by Gasteiger charge is -2.32. The lowest BCUT2D eigenvalue weighted by molar-refractivity contribution is 0.0661. The smallest absolute Gasteiger partial charge is 0.274 e. The van der Waals surface area contributed by atoms with Gasteiger partial charge in [-0.25, -0.2) is 9.37 Å². The van der Waals surface area contributed by atoms with Gasteiger partial charge < -0.3 is 4.90 Å². The maximum Gasteiger partial charge on any atom is 0.274 e. The summed E-state index contributed by atoms with van der Waals surface area (Å²) in [4.78, 5) is 22.7. The fourth-order valence-electron chi connectivity index (χ4n) is 3.21. The molecule has 0 saturated carbocycles. The Kier molecular flexibility index (Phi) is 5.18. The van der Waals surface area contributed by atoms with Gasteiger partial charge in [0, 0.05) is 19.3 Å². The zero-order valence-electron chi connectivity index (χ0n) is 13.9. The number of benzene rings is 1. The van der Waals surface area contributed by atoms with Crippen molar-refractivity contribution in [1.29, 1.82) is 0 Å². The molecule has 1 fully saturated rings. The minimum atomic E-state index is -0.142. The molecule has 5 heteroatoms. The molecule has 1 aromatic heterocycles. The van der Waals surface area contributed by atoms with Crippen molar-refractivity contribution >= 4 is 5.91 Å². The quantitative estimate of drug-likeness (QED) is 0.864.